The molecule has 182 valence electrons. The second-order valence-corrected chi connectivity index (χ2v) is 9.12. The van der Waals surface area contributed by atoms with Gasteiger partial charge in [0, 0.05) is 49.0 Å². The van der Waals surface area contributed by atoms with E-state index >= 15 is 0 Å². The first-order valence-electron chi connectivity index (χ1n) is 11.4. The quantitative estimate of drug-likeness (QED) is 0.389. The number of aromatic nitrogens is 2. The second-order valence-electron chi connectivity index (χ2n) is 8.29. The van der Waals surface area contributed by atoms with Gasteiger partial charge in [-0.25, -0.2) is 4.98 Å². The summed E-state index contributed by atoms with van der Waals surface area (Å²) in [6.45, 7) is 2.91. The molecule has 0 bridgehead atoms. The minimum absolute atomic E-state index is 0.124. The van der Waals surface area contributed by atoms with Gasteiger partial charge in [0.25, 0.3) is 0 Å². The molecular formula is C26H28N4O4S. The number of thiazole rings is 1. The van der Waals surface area contributed by atoms with Gasteiger partial charge in [-0.1, -0.05) is 12.1 Å². The molecule has 0 unspecified atom stereocenters. The first kappa shape index (κ1) is 23.0. The SMILES string of the molecule is COc1ccc(OC)c(-c2cn3c(CC(=O)N4CCN(c5ccccc5OC)CC4)csc3n2)c1. The Morgan fingerprint density at radius 3 is 2.49 bits per heavy atom. The van der Waals surface area contributed by atoms with Crippen molar-refractivity contribution in [2.24, 2.45) is 0 Å². The summed E-state index contributed by atoms with van der Waals surface area (Å²) in [5, 5.41) is 2.01. The fourth-order valence-electron chi connectivity index (χ4n) is 4.46. The van der Waals surface area contributed by atoms with Crippen molar-refractivity contribution in [3.05, 3.63) is 59.7 Å². The van der Waals surface area contributed by atoms with Crippen LogP contribution in [-0.2, 0) is 11.2 Å². The molecule has 8 nitrogen and oxygen atoms in total. The molecule has 0 spiro atoms. The zero-order valence-corrected chi connectivity index (χ0v) is 20.9. The lowest BCUT2D eigenvalue weighted by Crippen LogP contribution is -2.49. The van der Waals surface area contributed by atoms with Crippen molar-refractivity contribution >= 4 is 27.9 Å². The number of anilines is 1. The molecule has 0 aliphatic carbocycles. The molecule has 0 N–H and O–H groups in total. The van der Waals surface area contributed by atoms with Crippen LogP contribution >= 0.6 is 11.3 Å². The van der Waals surface area contributed by atoms with E-state index in [1.807, 2.05) is 57.3 Å². The summed E-state index contributed by atoms with van der Waals surface area (Å²) in [6, 6.07) is 13.7. The van der Waals surface area contributed by atoms with Crippen LogP contribution in [0, 0.1) is 0 Å². The van der Waals surface area contributed by atoms with Gasteiger partial charge >= 0.3 is 0 Å². The fraction of sp³-hybridized carbons (Fsp3) is 0.308. The molecule has 2 aromatic carbocycles. The molecule has 1 saturated heterocycles. The van der Waals surface area contributed by atoms with Crippen molar-refractivity contribution in [2.45, 2.75) is 6.42 Å². The van der Waals surface area contributed by atoms with Crippen molar-refractivity contribution in [2.75, 3.05) is 52.4 Å². The monoisotopic (exact) mass is 492 g/mol. The average molecular weight is 493 g/mol. The molecule has 5 rings (SSSR count). The van der Waals surface area contributed by atoms with E-state index in [0.717, 1.165) is 57.9 Å². The number of benzene rings is 2. The highest BCUT2D eigenvalue weighted by Crippen LogP contribution is 2.34. The number of rotatable bonds is 7. The standard InChI is InChI=1S/C26H28N4O4S/c1-32-19-8-9-23(33-2)20(15-19)21-16-30-18(17-35-26(30)27-21)14-25(31)29-12-10-28(11-13-29)22-6-4-5-7-24(22)34-3/h4-9,15-17H,10-14H2,1-3H3. The Kier molecular flexibility index (Phi) is 6.50. The van der Waals surface area contributed by atoms with E-state index in [4.69, 9.17) is 19.2 Å². The number of amides is 1. The zero-order valence-electron chi connectivity index (χ0n) is 20.1. The first-order chi connectivity index (χ1) is 17.1. The molecular weight excluding hydrogens is 464 g/mol. The Hall–Kier alpha value is -3.72. The third-order valence-corrected chi connectivity index (χ3v) is 7.25. The number of piperazine rings is 1. The van der Waals surface area contributed by atoms with Crippen molar-refractivity contribution in [1.82, 2.24) is 14.3 Å². The summed E-state index contributed by atoms with van der Waals surface area (Å²) >= 11 is 1.53. The van der Waals surface area contributed by atoms with Crippen LogP contribution in [0.5, 0.6) is 17.2 Å². The second kappa shape index (κ2) is 9.87. The van der Waals surface area contributed by atoms with Crippen LogP contribution in [0.3, 0.4) is 0 Å². The maximum Gasteiger partial charge on any atom is 0.228 e. The highest BCUT2D eigenvalue weighted by atomic mass is 32.1. The summed E-state index contributed by atoms with van der Waals surface area (Å²) in [7, 11) is 4.96. The van der Waals surface area contributed by atoms with Crippen LogP contribution in [-0.4, -0.2) is 67.7 Å². The third kappa shape index (κ3) is 4.51. The molecule has 35 heavy (non-hydrogen) atoms. The predicted molar refractivity (Wildman–Crippen MR) is 137 cm³/mol. The van der Waals surface area contributed by atoms with E-state index in [1.54, 1.807) is 21.3 Å². The Bertz CT molecular complexity index is 1340. The number of para-hydroxylation sites is 2. The molecule has 1 fully saturated rings. The number of nitrogens with zero attached hydrogens (tertiary/aromatic N) is 4. The number of hydrogen-bond donors (Lipinski definition) is 0. The molecule has 1 amide bonds. The van der Waals surface area contributed by atoms with Crippen molar-refractivity contribution in [3.8, 4) is 28.5 Å². The summed E-state index contributed by atoms with van der Waals surface area (Å²) in [4.78, 5) is 23.0. The lowest BCUT2D eigenvalue weighted by molar-refractivity contribution is -0.130. The Labute approximate surface area is 208 Å². The number of imidazole rings is 1. The largest absolute Gasteiger partial charge is 0.497 e. The summed E-state index contributed by atoms with van der Waals surface area (Å²) in [5.74, 6) is 2.44. The molecule has 0 saturated carbocycles. The minimum atomic E-state index is 0.124. The van der Waals surface area contributed by atoms with Gasteiger partial charge in [-0.2, -0.15) is 0 Å². The highest BCUT2D eigenvalue weighted by Gasteiger charge is 2.24. The topological polar surface area (TPSA) is 68.5 Å². The van der Waals surface area contributed by atoms with E-state index in [-0.39, 0.29) is 5.91 Å². The van der Waals surface area contributed by atoms with E-state index in [1.165, 1.54) is 11.3 Å². The maximum absolute atomic E-state index is 13.2. The number of ether oxygens (including phenoxy) is 3. The number of carbonyl (C=O) groups is 1. The van der Waals surface area contributed by atoms with Gasteiger partial charge in [0.1, 0.15) is 17.2 Å². The van der Waals surface area contributed by atoms with Gasteiger partial charge in [-0.15, -0.1) is 11.3 Å². The molecule has 2 aromatic heterocycles. The average Bonchev–Trinajstić information content (AvgIpc) is 3.50. The van der Waals surface area contributed by atoms with Crippen LogP contribution in [0.2, 0.25) is 0 Å². The lowest BCUT2D eigenvalue weighted by atomic mass is 10.1. The van der Waals surface area contributed by atoms with Crippen molar-refractivity contribution < 1.29 is 19.0 Å². The van der Waals surface area contributed by atoms with E-state index in [0.29, 0.717) is 19.5 Å². The van der Waals surface area contributed by atoms with Crippen LogP contribution in [0.4, 0.5) is 5.69 Å². The van der Waals surface area contributed by atoms with E-state index < -0.39 is 0 Å². The van der Waals surface area contributed by atoms with Gasteiger partial charge in [0.05, 0.1) is 39.1 Å². The van der Waals surface area contributed by atoms with E-state index in [9.17, 15) is 4.79 Å². The molecule has 4 aromatic rings. The van der Waals surface area contributed by atoms with Crippen LogP contribution in [0.1, 0.15) is 5.69 Å². The van der Waals surface area contributed by atoms with Gasteiger partial charge in [-0.05, 0) is 30.3 Å². The molecule has 0 radical (unpaired) electrons. The van der Waals surface area contributed by atoms with Crippen molar-refractivity contribution in [1.29, 1.82) is 0 Å². The molecule has 0 atom stereocenters. The minimum Gasteiger partial charge on any atom is -0.497 e. The molecule has 9 heteroatoms. The smallest absolute Gasteiger partial charge is 0.228 e. The Balaban J connectivity index is 1.29. The van der Waals surface area contributed by atoms with Gasteiger partial charge < -0.3 is 24.0 Å². The first-order valence-corrected chi connectivity index (χ1v) is 12.3. The summed E-state index contributed by atoms with van der Waals surface area (Å²) < 4.78 is 18.4. The normalized spacial score (nSPS) is 13.8. The Morgan fingerprint density at radius 2 is 1.74 bits per heavy atom. The van der Waals surface area contributed by atoms with Gasteiger partial charge in [-0.3, -0.25) is 9.20 Å². The lowest BCUT2D eigenvalue weighted by Gasteiger charge is -2.36. The van der Waals surface area contributed by atoms with Crippen LogP contribution in [0.25, 0.3) is 16.2 Å². The molecule has 1 aliphatic rings. The van der Waals surface area contributed by atoms with Gasteiger partial charge in [0.15, 0.2) is 4.96 Å². The zero-order chi connectivity index (χ0) is 24.4. The number of hydrogen-bond acceptors (Lipinski definition) is 7. The van der Waals surface area contributed by atoms with Gasteiger partial charge in [0.2, 0.25) is 5.91 Å². The predicted octanol–water partition coefficient (Wildman–Crippen LogP) is 3.98. The molecule has 1 aliphatic heterocycles. The highest BCUT2D eigenvalue weighted by molar-refractivity contribution is 7.15. The third-order valence-electron chi connectivity index (χ3n) is 6.36. The summed E-state index contributed by atoms with van der Waals surface area (Å²) in [5.41, 5.74) is 3.64. The number of methoxy groups -OCH3 is 3. The molecule has 3 heterocycles. The van der Waals surface area contributed by atoms with E-state index in [2.05, 4.69) is 11.0 Å². The summed E-state index contributed by atoms with van der Waals surface area (Å²) in [6.07, 6.45) is 2.30. The Morgan fingerprint density at radius 1 is 0.971 bits per heavy atom. The number of carbonyl (C=O) groups excluding carboxylic acids is 1. The van der Waals surface area contributed by atoms with Crippen LogP contribution in [0.15, 0.2) is 54.0 Å². The van der Waals surface area contributed by atoms with Crippen LogP contribution < -0.4 is 19.1 Å². The fourth-order valence-corrected chi connectivity index (χ4v) is 5.33. The van der Waals surface area contributed by atoms with Crippen molar-refractivity contribution in [3.63, 3.8) is 0 Å². The maximum atomic E-state index is 13.2. The number of fused-ring (bicyclic) bond motifs is 1.